The van der Waals surface area contributed by atoms with E-state index in [1.54, 1.807) is 30.1 Å². The lowest BCUT2D eigenvalue weighted by Gasteiger charge is -2.41. The molecule has 2 aromatic heterocycles. The summed E-state index contributed by atoms with van der Waals surface area (Å²) in [6.45, 7) is 3.76. The topological polar surface area (TPSA) is 98.5 Å². The second kappa shape index (κ2) is 12.7. The number of amides is 1. The van der Waals surface area contributed by atoms with Crippen LogP contribution in [-0.4, -0.2) is 88.7 Å². The van der Waals surface area contributed by atoms with E-state index in [1.807, 2.05) is 11.0 Å². The van der Waals surface area contributed by atoms with E-state index in [0.717, 1.165) is 0 Å². The first kappa shape index (κ1) is 31.4. The van der Waals surface area contributed by atoms with E-state index < -0.39 is 41.6 Å². The van der Waals surface area contributed by atoms with Crippen LogP contribution in [0.2, 0.25) is 5.02 Å². The van der Waals surface area contributed by atoms with Crippen molar-refractivity contribution in [3.63, 3.8) is 0 Å². The summed E-state index contributed by atoms with van der Waals surface area (Å²) in [5.41, 5.74) is -0.0668. The molecule has 0 N–H and O–H groups in total. The number of rotatable bonds is 7. The lowest BCUT2D eigenvalue weighted by molar-refractivity contribution is -0.131. The molecule has 0 spiro atoms. The van der Waals surface area contributed by atoms with Crippen LogP contribution in [-0.2, 0) is 4.79 Å². The van der Waals surface area contributed by atoms with E-state index in [-0.39, 0.29) is 77.1 Å². The van der Waals surface area contributed by atoms with Crippen molar-refractivity contribution in [1.82, 2.24) is 24.8 Å². The fourth-order valence-electron chi connectivity index (χ4n) is 6.13. The second-order valence-corrected chi connectivity index (χ2v) is 11.7. The lowest BCUT2D eigenvalue weighted by Crippen LogP contribution is -2.55. The van der Waals surface area contributed by atoms with Crippen LogP contribution in [0.1, 0.15) is 12.8 Å². The van der Waals surface area contributed by atoms with Crippen LogP contribution in [0.15, 0.2) is 48.9 Å². The Hall–Kier alpha value is -4.54. The molecule has 4 heterocycles. The normalized spacial score (nSPS) is 20.3. The number of hydrogen-bond acceptors (Lipinski definition) is 8. The first-order valence-electron chi connectivity index (χ1n) is 14.6. The quantitative estimate of drug-likeness (QED) is 0.188. The molecule has 1 amide bonds. The van der Waals surface area contributed by atoms with Crippen LogP contribution >= 0.6 is 11.6 Å². The van der Waals surface area contributed by atoms with Gasteiger partial charge in [0.15, 0.2) is 11.6 Å². The summed E-state index contributed by atoms with van der Waals surface area (Å²) in [6, 6.07) is 8.23. The third kappa shape index (κ3) is 5.67. The van der Waals surface area contributed by atoms with Crippen LogP contribution < -0.4 is 9.64 Å². The number of nitrogens with zero attached hydrogens (tertiary/aromatic N) is 7. The monoisotopic (exact) mass is 653 g/mol. The van der Waals surface area contributed by atoms with Gasteiger partial charge in [-0.15, -0.1) is 0 Å². The molecule has 0 bridgehead atoms. The number of aromatic nitrogens is 3. The van der Waals surface area contributed by atoms with Gasteiger partial charge in [-0.3, -0.25) is 14.7 Å². The van der Waals surface area contributed by atoms with E-state index in [9.17, 15) is 23.2 Å². The zero-order chi connectivity index (χ0) is 32.7. The van der Waals surface area contributed by atoms with Crippen LogP contribution in [0.3, 0.4) is 0 Å². The zero-order valence-electron chi connectivity index (χ0n) is 24.7. The van der Waals surface area contributed by atoms with Crippen molar-refractivity contribution >= 4 is 45.0 Å². The van der Waals surface area contributed by atoms with Crippen LogP contribution in [0, 0.1) is 23.0 Å². The Morgan fingerprint density at radius 3 is 2.72 bits per heavy atom. The fourth-order valence-corrected chi connectivity index (χ4v) is 6.40. The number of benzene rings is 2. The van der Waals surface area contributed by atoms with Crippen molar-refractivity contribution < 1.29 is 27.1 Å². The van der Waals surface area contributed by atoms with Crippen LogP contribution in [0.25, 0.3) is 32.9 Å². The highest BCUT2D eigenvalue weighted by molar-refractivity contribution is 6.36. The minimum atomic E-state index is -1.14. The standard InChI is InChI=1S/C32H28ClF4N7O2/c1-17(34)31(45)44-13-12-43(15-19(44)8-10-38)30-21-14-39-28(20-5-3-4-18-6-7-23(36)26(33)25(18)20)27(37)29(21)40-32(41-30)46-16-24-22(35)9-11-42(24)2/h3-7,14,19,22,24H,1,8-9,11-13,15-16H2,2H3/t19-,22-,24+/m0/s1. The average molecular weight is 654 g/mol. The first-order chi connectivity index (χ1) is 22.1. The maximum absolute atomic E-state index is 16.6. The molecule has 0 saturated carbocycles. The summed E-state index contributed by atoms with van der Waals surface area (Å²) in [7, 11) is 1.78. The number of carbonyl (C=O) groups excluding carboxylic acids is 1. The van der Waals surface area contributed by atoms with Gasteiger partial charge in [-0.2, -0.15) is 15.2 Å². The largest absolute Gasteiger partial charge is 0.462 e. The Balaban J connectivity index is 1.47. The van der Waals surface area contributed by atoms with Gasteiger partial charge in [0.25, 0.3) is 5.91 Å². The number of alkyl halides is 1. The Bertz CT molecular complexity index is 1890. The maximum atomic E-state index is 16.6. The minimum absolute atomic E-state index is 0.0280. The van der Waals surface area contributed by atoms with Crippen molar-refractivity contribution in [3.05, 3.63) is 65.6 Å². The molecule has 2 saturated heterocycles. The molecule has 0 radical (unpaired) electrons. The van der Waals surface area contributed by atoms with E-state index in [2.05, 4.69) is 21.5 Å². The van der Waals surface area contributed by atoms with Gasteiger partial charge in [0.2, 0.25) is 0 Å². The Labute approximate surface area is 266 Å². The molecule has 9 nitrogen and oxygen atoms in total. The Kier molecular flexibility index (Phi) is 8.67. The van der Waals surface area contributed by atoms with Crippen molar-refractivity contribution in [2.75, 3.05) is 44.7 Å². The molecule has 3 atom stereocenters. The van der Waals surface area contributed by atoms with Crippen LogP contribution in [0.4, 0.5) is 23.4 Å². The number of nitriles is 1. The molecule has 2 aliphatic rings. The summed E-state index contributed by atoms with van der Waals surface area (Å²) in [4.78, 5) is 30.5. The van der Waals surface area contributed by atoms with Gasteiger partial charge in [-0.1, -0.05) is 42.4 Å². The highest BCUT2D eigenvalue weighted by Gasteiger charge is 2.35. The van der Waals surface area contributed by atoms with Gasteiger partial charge in [0, 0.05) is 43.3 Å². The van der Waals surface area contributed by atoms with Gasteiger partial charge >= 0.3 is 6.01 Å². The summed E-state index contributed by atoms with van der Waals surface area (Å²) >= 11 is 6.33. The SMILES string of the molecule is C=C(F)C(=O)N1CCN(c2nc(OC[C@@H]3[C@@H](F)CCN3C)nc3c(F)c(-c4cccc5ccc(F)c(Cl)c45)ncc23)C[C@@H]1CC#N. The molecular formula is C32H28ClF4N7O2. The molecule has 0 aliphatic carbocycles. The fraction of sp³-hybridized carbons (Fsp3) is 0.344. The molecule has 0 unspecified atom stereocenters. The van der Waals surface area contributed by atoms with Gasteiger partial charge in [-0.05, 0) is 24.9 Å². The zero-order valence-corrected chi connectivity index (χ0v) is 25.4. The number of halogens is 5. The molecule has 6 rings (SSSR count). The number of carbonyl (C=O) groups is 1. The number of likely N-dealkylation sites (tertiary alicyclic amines) is 1. The number of hydrogen-bond donors (Lipinski definition) is 0. The predicted octanol–water partition coefficient (Wildman–Crippen LogP) is 5.61. The van der Waals surface area contributed by atoms with Crippen LogP contribution in [0.5, 0.6) is 6.01 Å². The highest BCUT2D eigenvalue weighted by atomic mass is 35.5. The van der Waals surface area contributed by atoms with Crippen molar-refractivity contribution in [3.8, 4) is 23.3 Å². The van der Waals surface area contributed by atoms with E-state index in [0.29, 0.717) is 18.4 Å². The highest BCUT2D eigenvalue weighted by Crippen LogP contribution is 2.38. The molecule has 2 aliphatic heterocycles. The van der Waals surface area contributed by atoms with Crippen molar-refractivity contribution in [2.45, 2.75) is 31.1 Å². The molecule has 14 heteroatoms. The predicted molar refractivity (Wildman–Crippen MR) is 165 cm³/mol. The number of pyridine rings is 1. The minimum Gasteiger partial charge on any atom is -0.462 e. The van der Waals surface area contributed by atoms with Gasteiger partial charge in [-0.25, -0.2) is 17.6 Å². The van der Waals surface area contributed by atoms with E-state index >= 15 is 4.39 Å². The van der Waals surface area contributed by atoms with Gasteiger partial charge < -0.3 is 14.5 Å². The van der Waals surface area contributed by atoms with Crippen molar-refractivity contribution in [2.24, 2.45) is 0 Å². The summed E-state index contributed by atoms with van der Waals surface area (Å²) in [5.74, 6) is -3.38. The van der Waals surface area contributed by atoms with E-state index in [1.165, 1.54) is 23.2 Å². The average Bonchev–Trinajstić information content (AvgIpc) is 3.37. The first-order valence-corrected chi connectivity index (χ1v) is 14.9. The number of piperazine rings is 1. The lowest BCUT2D eigenvalue weighted by atomic mass is 10.0. The molecular weight excluding hydrogens is 626 g/mol. The van der Waals surface area contributed by atoms with Gasteiger partial charge in [0.1, 0.15) is 35.6 Å². The maximum Gasteiger partial charge on any atom is 0.319 e. The smallest absolute Gasteiger partial charge is 0.319 e. The molecule has 4 aromatic rings. The van der Waals surface area contributed by atoms with E-state index in [4.69, 9.17) is 16.3 Å². The van der Waals surface area contributed by atoms with Gasteiger partial charge in [0.05, 0.1) is 35.0 Å². The summed E-state index contributed by atoms with van der Waals surface area (Å²) < 4.78 is 65.3. The second-order valence-electron chi connectivity index (χ2n) is 11.3. The Morgan fingerprint density at radius 1 is 1.20 bits per heavy atom. The number of likely N-dealkylation sites (N-methyl/N-ethyl adjacent to an activating group) is 1. The third-order valence-corrected chi connectivity index (χ3v) is 8.93. The molecule has 238 valence electrons. The molecule has 46 heavy (non-hydrogen) atoms. The number of ether oxygens (including phenoxy) is 1. The summed E-state index contributed by atoms with van der Waals surface area (Å²) in [6.07, 6.45) is 0.488. The van der Waals surface area contributed by atoms with Crippen molar-refractivity contribution in [1.29, 1.82) is 5.26 Å². The molecule has 2 fully saturated rings. The Morgan fingerprint density at radius 2 is 2.00 bits per heavy atom. The third-order valence-electron chi connectivity index (χ3n) is 8.56. The summed E-state index contributed by atoms with van der Waals surface area (Å²) in [5, 5.41) is 10.3. The molecule has 2 aromatic carbocycles. The number of anilines is 1. The number of fused-ring (bicyclic) bond motifs is 2.